The van der Waals surface area contributed by atoms with Crippen molar-refractivity contribution in [1.82, 2.24) is 15.5 Å². The van der Waals surface area contributed by atoms with E-state index < -0.39 is 16.8 Å². The topological polar surface area (TPSA) is 78.5 Å². The molecule has 0 spiro atoms. The minimum absolute atomic E-state index is 0.105. The molecular weight excluding hydrogens is 434 g/mol. The van der Waals surface area contributed by atoms with E-state index >= 15 is 0 Å². The van der Waals surface area contributed by atoms with E-state index in [9.17, 15) is 14.4 Å². The standard InChI is InChI=1S/C26H31N3O3S/c1-15(2)20(22(30)27-14-17-12-10-16(3)11-13-17)28-23(31)21-26(4,5)33-25-19-9-7-6-8-18(19)24(32)29(21)25/h6-13,15,20-21,25H,14H2,1-5H3,(H,27,30)(H,28,31)/t20-,21+,25-/m0/s1. The molecule has 0 bridgehead atoms. The summed E-state index contributed by atoms with van der Waals surface area (Å²) in [5, 5.41) is 5.72. The molecule has 1 saturated heterocycles. The SMILES string of the molecule is Cc1ccc(CNC(=O)[C@@H](NC(=O)[C@H]2N3C(=O)c4ccccc4[C@@H]3SC2(C)C)C(C)C)cc1. The fraction of sp³-hybridized carbons (Fsp3) is 0.423. The lowest BCUT2D eigenvalue weighted by Crippen LogP contribution is -2.58. The molecule has 2 aliphatic heterocycles. The molecular formula is C26H31N3O3S. The van der Waals surface area contributed by atoms with E-state index in [1.165, 1.54) is 0 Å². The molecule has 0 aliphatic carbocycles. The van der Waals surface area contributed by atoms with Crippen molar-refractivity contribution in [3.05, 3.63) is 70.8 Å². The molecule has 6 nitrogen and oxygen atoms in total. The van der Waals surface area contributed by atoms with Crippen LogP contribution in [0.15, 0.2) is 48.5 Å². The molecule has 2 aromatic carbocycles. The van der Waals surface area contributed by atoms with Crippen LogP contribution >= 0.6 is 11.8 Å². The van der Waals surface area contributed by atoms with Crippen molar-refractivity contribution in [3.63, 3.8) is 0 Å². The lowest BCUT2D eigenvalue weighted by atomic mass is 9.98. The van der Waals surface area contributed by atoms with Gasteiger partial charge >= 0.3 is 0 Å². The highest BCUT2D eigenvalue weighted by Gasteiger charge is 2.57. The summed E-state index contributed by atoms with van der Waals surface area (Å²) >= 11 is 1.62. The number of rotatable bonds is 6. The first-order valence-electron chi connectivity index (χ1n) is 11.3. The molecule has 2 aromatic rings. The Bertz CT molecular complexity index is 1080. The van der Waals surface area contributed by atoms with Gasteiger partial charge in [-0.15, -0.1) is 11.8 Å². The maximum atomic E-state index is 13.5. The second-order valence-corrected chi connectivity index (χ2v) is 11.4. The number of carbonyl (C=O) groups is 3. The Morgan fingerprint density at radius 1 is 1.09 bits per heavy atom. The first-order chi connectivity index (χ1) is 15.6. The summed E-state index contributed by atoms with van der Waals surface area (Å²) in [6.45, 7) is 10.2. The van der Waals surface area contributed by atoms with Crippen LogP contribution in [0.2, 0.25) is 0 Å². The number of hydrogen-bond acceptors (Lipinski definition) is 4. The van der Waals surface area contributed by atoms with Crippen molar-refractivity contribution in [2.75, 3.05) is 0 Å². The Balaban J connectivity index is 1.49. The number of fused-ring (bicyclic) bond motifs is 3. The van der Waals surface area contributed by atoms with Crippen molar-refractivity contribution in [1.29, 1.82) is 0 Å². The van der Waals surface area contributed by atoms with E-state index in [0.717, 1.165) is 16.7 Å². The maximum absolute atomic E-state index is 13.5. The van der Waals surface area contributed by atoms with Crippen LogP contribution in [0.1, 0.15) is 60.1 Å². The number of aryl methyl sites for hydroxylation is 1. The summed E-state index contributed by atoms with van der Waals surface area (Å²) in [5.74, 6) is -0.750. The number of hydrogen-bond donors (Lipinski definition) is 2. The predicted octanol–water partition coefficient (Wildman–Crippen LogP) is 3.80. The molecule has 0 aromatic heterocycles. The number of benzene rings is 2. The van der Waals surface area contributed by atoms with Crippen LogP contribution in [0.25, 0.3) is 0 Å². The number of carbonyl (C=O) groups excluding carboxylic acids is 3. The second kappa shape index (κ2) is 8.86. The summed E-state index contributed by atoms with van der Waals surface area (Å²) in [5.41, 5.74) is 3.76. The van der Waals surface area contributed by atoms with Crippen molar-refractivity contribution in [2.24, 2.45) is 5.92 Å². The van der Waals surface area contributed by atoms with Crippen molar-refractivity contribution in [3.8, 4) is 0 Å². The van der Waals surface area contributed by atoms with Crippen LogP contribution in [0, 0.1) is 12.8 Å². The molecule has 2 N–H and O–H groups in total. The van der Waals surface area contributed by atoms with E-state index in [2.05, 4.69) is 10.6 Å². The van der Waals surface area contributed by atoms with Gasteiger partial charge in [-0.3, -0.25) is 14.4 Å². The Labute approximate surface area is 199 Å². The van der Waals surface area contributed by atoms with Gasteiger partial charge in [-0.25, -0.2) is 0 Å². The summed E-state index contributed by atoms with van der Waals surface area (Å²) in [4.78, 5) is 41.4. The van der Waals surface area contributed by atoms with E-state index in [4.69, 9.17) is 0 Å². The van der Waals surface area contributed by atoms with Gasteiger partial charge in [-0.05, 0) is 43.9 Å². The second-order valence-electron chi connectivity index (χ2n) is 9.71. The van der Waals surface area contributed by atoms with Crippen LogP contribution in [0.5, 0.6) is 0 Å². The van der Waals surface area contributed by atoms with E-state index in [-0.39, 0.29) is 29.0 Å². The molecule has 33 heavy (non-hydrogen) atoms. The number of nitrogens with zero attached hydrogens (tertiary/aromatic N) is 1. The third kappa shape index (κ3) is 4.38. The lowest BCUT2D eigenvalue weighted by molar-refractivity contribution is -0.132. The normalized spacial score (nSPS) is 21.5. The fourth-order valence-electron chi connectivity index (χ4n) is 4.58. The lowest BCUT2D eigenvalue weighted by Gasteiger charge is -2.32. The Kier molecular flexibility index (Phi) is 6.27. The van der Waals surface area contributed by atoms with E-state index in [0.29, 0.717) is 12.1 Å². The monoisotopic (exact) mass is 465 g/mol. The molecule has 4 rings (SSSR count). The fourth-order valence-corrected chi connectivity index (χ4v) is 6.17. The van der Waals surface area contributed by atoms with Gasteiger partial charge in [0.25, 0.3) is 5.91 Å². The maximum Gasteiger partial charge on any atom is 0.256 e. The summed E-state index contributed by atoms with van der Waals surface area (Å²) in [6, 6.07) is 14.1. The minimum atomic E-state index is -0.692. The highest BCUT2D eigenvalue weighted by Crippen LogP contribution is 2.56. The predicted molar refractivity (Wildman–Crippen MR) is 131 cm³/mol. The summed E-state index contributed by atoms with van der Waals surface area (Å²) < 4.78 is -0.488. The van der Waals surface area contributed by atoms with Crippen LogP contribution < -0.4 is 10.6 Å². The zero-order valence-electron chi connectivity index (χ0n) is 19.7. The van der Waals surface area contributed by atoms with Gasteiger partial charge in [-0.2, -0.15) is 0 Å². The molecule has 1 fully saturated rings. The van der Waals surface area contributed by atoms with Crippen LogP contribution in [0.4, 0.5) is 0 Å². The molecule has 0 unspecified atom stereocenters. The first kappa shape index (κ1) is 23.4. The van der Waals surface area contributed by atoms with E-state index in [1.807, 2.05) is 83.1 Å². The Morgan fingerprint density at radius 3 is 2.42 bits per heavy atom. The number of thioether (sulfide) groups is 1. The molecule has 0 saturated carbocycles. The summed E-state index contributed by atoms with van der Waals surface area (Å²) in [6.07, 6.45) is 0. The van der Waals surface area contributed by atoms with Gasteiger partial charge in [0.05, 0.1) is 0 Å². The van der Waals surface area contributed by atoms with Gasteiger partial charge in [0.2, 0.25) is 11.8 Å². The van der Waals surface area contributed by atoms with Crippen LogP contribution in [-0.2, 0) is 16.1 Å². The quantitative estimate of drug-likeness (QED) is 0.680. The van der Waals surface area contributed by atoms with Crippen molar-refractivity contribution in [2.45, 2.75) is 63.4 Å². The summed E-state index contributed by atoms with van der Waals surface area (Å²) in [7, 11) is 0. The zero-order chi connectivity index (χ0) is 23.9. The molecule has 0 radical (unpaired) electrons. The minimum Gasteiger partial charge on any atom is -0.350 e. The molecule has 2 heterocycles. The van der Waals surface area contributed by atoms with E-state index in [1.54, 1.807) is 16.7 Å². The van der Waals surface area contributed by atoms with Gasteiger partial charge in [0.15, 0.2) is 0 Å². The molecule has 7 heteroatoms. The molecule has 3 amide bonds. The molecule has 174 valence electrons. The average Bonchev–Trinajstić information content (AvgIpc) is 3.20. The zero-order valence-corrected chi connectivity index (χ0v) is 20.5. The van der Waals surface area contributed by atoms with Crippen molar-refractivity contribution >= 4 is 29.5 Å². The largest absolute Gasteiger partial charge is 0.350 e. The van der Waals surface area contributed by atoms with Crippen LogP contribution in [-0.4, -0.2) is 39.5 Å². The third-order valence-electron chi connectivity index (χ3n) is 6.38. The highest BCUT2D eigenvalue weighted by molar-refractivity contribution is 8.01. The first-order valence-corrected chi connectivity index (χ1v) is 12.2. The molecule has 2 aliphatic rings. The van der Waals surface area contributed by atoms with Gasteiger partial charge in [0, 0.05) is 16.9 Å². The molecule has 3 atom stereocenters. The van der Waals surface area contributed by atoms with Gasteiger partial charge in [-0.1, -0.05) is 61.9 Å². The highest BCUT2D eigenvalue weighted by atomic mass is 32.2. The Hall–Kier alpha value is -2.80. The third-order valence-corrected chi connectivity index (χ3v) is 7.91. The average molecular weight is 466 g/mol. The Morgan fingerprint density at radius 2 is 1.76 bits per heavy atom. The van der Waals surface area contributed by atoms with Gasteiger partial charge in [0.1, 0.15) is 17.5 Å². The van der Waals surface area contributed by atoms with Gasteiger partial charge < -0.3 is 15.5 Å². The smallest absolute Gasteiger partial charge is 0.256 e. The number of nitrogens with one attached hydrogen (secondary N) is 2. The number of amides is 3. The van der Waals surface area contributed by atoms with Crippen molar-refractivity contribution < 1.29 is 14.4 Å². The van der Waals surface area contributed by atoms with Crippen LogP contribution in [0.3, 0.4) is 0 Å².